The number of nitrogens with zero attached hydrogens (tertiary/aromatic N) is 1. The maximum absolute atomic E-state index is 14.1. The summed E-state index contributed by atoms with van der Waals surface area (Å²) >= 11 is 0. The summed E-state index contributed by atoms with van der Waals surface area (Å²) in [5.74, 6) is -1.28. The van der Waals surface area contributed by atoms with Crippen LogP contribution in [0.1, 0.15) is 30.9 Å². The number of carbonyl (C=O) groups excluding carboxylic acids is 1. The van der Waals surface area contributed by atoms with E-state index >= 15 is 0 Å². The van der Waals surface area contributed by atoms with E-state index in [1.165, 1.54) is 30.0 Å². The summed E-state index contributed by atoms with van der Waals surface area (Å²) in [7, 11) is -3.84. The second-order valence-electron chi connectivity index (χ2n) is 8.34. The fourth-order valence-electron chi connectivity index (χ4n) is 3.98. The fourth-order valence-corrected chi connectivity index (χ4v) is 5.58. The lowest BCUT2D eigenvalue weighted by molar-refractivity contribution is -0.116. The van der Waals surface area contributed by atoms with Crippen molar-refractivity contribution in [3.8, 4) is 0 Å². The Balaban J connectivity index is 1.56. The van der Waals surface area contributed by atoms with Crippen molar-refractivity contribution < 1.29 is 17.6 Å². The van der Waals surface area contributed by atoms with Crippen LogP contribution in [0, 0.1) is 5.82 Å². The van der Waals surface area contributed by atoms with Crippen LogP contribution in [-0.4, -0.2) is 18.9 Å². The first-order valence-electron chi connectivity index (χ1n) is 11.3. The van der Waals surface area contributed by atoms with Gasteiger partial charge in [-0.3, -0.25) is 4.79 Å². The van der Waals surface area contributed by atoms with E-state index in [0.29, 0.717) is 16.6 Å². The van der Waals surface area contributed by atoms with Crippen LogP contribution in [0.3, 0.4) is 0 Å². The van der Waals surface area contributed by atoms with E-state index in [9.17, 15) is 17.6 Å². The average Bonchev–Trinajstić information content (AvgIpc) is 3.19. The number of aromatic nitrogens is 1. The van der Waals surface area contributed by atoms with Gasteiger partial charge in [-0.2, -0.15) is 0 Å². The van der Waals surface area contributed by atoms with Crippen LogP contribution < -0.4 is 5.32 Å². The molecule has 0 spiro atoms. The van der Waals surface area contributed by atoms with Gasteiger partial charge in [-0.15, -0.1) is 0 Å². The van der Waals surface area contributed by atoms with Crippen molar-refractivity contribution >= 4 is 32.3 Å². The summed E-state index contributed by atoms with van der Waals surface area (Å²) in [5.41, 5.74) is 2.65. The van der Waals surface area contributed by atoms with E-state index < -0.39 is 21.4 Å². The zero-order chi connectivity index (χ0) is 24.1. The van der Waals surface area contributed by atoms with Gasteiger partial charge in [-0.1, -0.05) is 61.9 Å². The van der Waals surface area contributed by atoms with E-state index in [4.69, 9.17) is 0 Å². The van der Waals surface area contributed by atoms with Gasteiger partial charge in [0.05, 0.1) is 10.6 Å². The quantitative estimate of drug-likeness (QED) is 0.334. The molecule has 0 atom stereocenters. The van der Waals surface area contributed by atoms with E-state index in [2.05, 4.69) is 12.2 Å². The first-order chi connectivity index (χ1) is 16.4. The molecule has 4 rings (SSSR count). The molecule has 1 aromatic heterocycles. The molecule has 5 nitrogen and oxygen atoms in total. The highest BCUT2D eigenvalue weighted by Crippen LogP contribution is 2.28. The predicted molar refractivity (Wildman–Crippen MR) is 133 cm³/mol. The van der Waals surface area contributed by atoms with Crippen molar-refractivity contribution in [1.29, 1.82) is 0 Å². The molecule has 1 heterocycles. The first kappa shape index (κ1) is 23.7. The van der Waals surface area contributed by atoms with Crippen molar-refractivity contribution in [3.63, 3.8) is 0 Å². The van der Waals surface area contributed by atoms with Gasteiger partial charge >= 0.3 is 0 Å². The van der Waals surface area contributed by atoms with Crippen LogP contribution in [0.2, 0.25) is 0 Å². The molecule has 176 valence electrons. The van der Waals surface area contributed by atoms with Gasteiger partial charge in [0.2, 0.25) is 5.91 Å². The number of hydrogen-bond donors (Lipinski definition) is 1. The minimum Gasteiger partial charge on any atom is -0.337 e. The number of halogens is 1. The number of hydrogen-bond acceptors (Lipinski definition) is 3. The van der Waals surface area contributed by atoms with Gasteiger partial charge in [-0.25, -0.2) is 12.8 Å². The molecular weight excluding hydrogens is 451 g/mol. The molecule has 0 saturated carbocycles. The monoisotopic (exact) mass is 478 g/mol. The Kier molecular flexibility index (Phi) is 7.12. The number of para-hydroxylation sites is 1. The second kappa shape index (κ2) is 10.2. The van der Waals surface area contributed by atoms with Gasteiger partial charge in [0.1, 0.15) is 12.4 Å². The number of benzene rings is 3. The van der Waals surface area contributed by atoms with Crippen LogP contribution in [0.25, 0.3) is 10.9 Å². The molecule has 0 saturated heterocycles. The van der Waals surface area contributed by atoms with Crippen LogP contribution in [-0.2, 0) is 33.4 Å². The first-order valence-corrected chi connectivity index (χ1v) is 13.0. The molecule has 7 heteroatoms. The molecular formula is C27H27FN2O3S. The van der Waals surface area contributed by atoms with Crippen LogP contribution in [0.15, 0.2) is 83.9 Å². The number of unbranched alkanes of at least 4 members (excludes halogenated alkanes) is 1. The average molecular weight is 479 g/mol. The maximum atomic E-state index is 14.1. The minimum absolute atomic E-state index is 0.0483. The van der Waals surface area contributed by atoms with Gasteiger partial charge in [-0.05, 0) is 42.7 Å². The standard InChI is InChI=1S/C27H27FN2O3S/c1-2-3-8-20-13-15-22(16-14-20)29-27(31)18-30-17-26(23-10-5-7-12-25(23)30)34(32,33)19-21-9-4-6-11-24(21)28/h4-7,9-17H,2-3,8,18-19H2,1H3,(H,29,31). The number of aryl methyl sites for hydroxylation is 1. The third-order valence-corrected chi connectivity index (χ3v) is 7.45. The molecule has 0 fully saturated rings. The molecule has 0 unspecified atom stereocenters. The van der Waals surface area contributed by atoms with Crippen molar-refractivity contribution in [2.45, 2.75) is 43.4 Å². The SMILES string of the molecule is CCCCc1ccc(NC(=O)Cn2cc(S(=O)(=O)Cc3ccccc3F)c3ccccc32)cc1. The summed E-state index contributed by atoms with van der Waals surface area (Å²) in [4.78, 5) is 12.8. The highest BCUT2D eigenvalue weighted by atomic mass is 32.2. The third kappa shape index (κ3) is 5.37. The maximum Gasteiger partial charge on any atom is 0.244 e. The van der Waals surface area contributed by atoms with Gasteiger partial charge in [0.15, 0.2) is 9.84 Å². The topological polar surface area (TPSA) is 68.2 Å². The van der Waals surface area contributed by atoms with Crippen molar-refractivity contribution in [2.75, 3.05) is 5.32 Å². The molecule has 0 aliphatic heterocycles. The zero-order valence-electron chi connectivity index (χ0n) is 19.0. The minimum atomic E-state index is -3.84. The summed E-state index contributed by atoms with van der Waals surface area (Å²) in [6.07, 6.45) is 4.72. The normalized spacial score (nSPS) is 11.6. The largest absolute Gasteiger partial charge is 0.337 e. The molecule has 3 aromatic carbocycles. The van der Waals surface area contributed by atoms with E-state index in [-0.39, 0.29) is 22.9 Å². The van der Waals surface area contributed by atoms with E-state index in [1.54, 1.807) is 34.9 Å². The number of nitrogens with one attached hydrogen (secondary N) is 1. The lowest BCUT2D eigenvalue weighted by Crippen LogP contribution is -2.18. The Labute approximate surface area is 199 Å². The number of anilines is 1. The summed E-state index contributed by atoms with van der Waals surface area (Å²) in [6.45, 7) is 2.10. The van der Waals surface area contributed by atoms with Gasteiger partial charge in [0, 0.05) is 28.4 Å². The molecule has 34 heavy (non-hydrogen) atoms. The van der Waals surface area contributed by atoms with Crippen molar-refractivity contribution in [3.05, 3.63) is 95.9 Å². The van der Waals surface area contributed by atoms with Crippen LogP contribution in [0.4, 0.5) is 10.1 Å². The number of fused-ring (bicyclic) bond motifs is 1. The number of sulfone groups is 1. The molecule has 0 bridgehead atoms. The molecule has 0 radical (unpaired) electrons. The Hall–Kier alpha value is -3.45. The smallest absolute Gasteiger partial charge is 0.244 e. The Bertz CT molecular complexity index is 1410. The Morgan fingerprint density at radius 2 is 1.68 bits per heavy atom. The summed E-state index contributed by atoms with van der Waals surface area (Å²) in [6, 6.07) is 20.6. The van der Waals surface area contributed by atoms with E-state index in [1.807, 2.05) is 24.3 Å². The highest BCUT2D eigenvalue weighted by Gasteiger charge is 2.23. The van der Waals surface area contributed by atoms with Crippen LogP contribution >= 0.6 is 0 Å². The third-order valence-electron chi connectivity index (χ3n) is 5.76. The summed E-state index contributed by atoms with van der Waals surface area (Å²) < 4.78 is 42.1. The Morgan fingerprint density at radius 1 is 0.971 bits per heavy atom. The predicted octanol–water partition coefficient (Wildman–Crippen LogP) is 5.74. The lowest BCUT2D eigenvalue weighted by Gasteiger charge is -2.08. The number of amides is 1. The Morgan fingerprint density at radius 3 is 2.41 bits per heavy atom. The molecule has 0 aliphatic carbocycles. The summed E-state index contributed by atoms with van der Waals surface area (Å²) in [5, 5.41) is 3.38. The van der Waals surface area contributed by atoms with E-state index in [0.717, 1.165) is 19.3 Å². The lowest BCUT2D eigenvalue weighted by atomic mass is 10.1. The molecule has 1 N–H and O–H groups in total. The molecule has 4 aromatic rings. The van der Waals surface area contributed by atoms with Gasteiger partial charge < -0.3 is 9.88 Å². The fraction of sp³-hybridized carbons (Fsp3) is 0.222. The zero-order valence-corrected chi connectivity index (χ0v) is 19.8. The van der Waals surface area contributed by atoms with Gasteiger partial charge in [0.25, 0.3) is 0 Å². The number of carbonyl (C=O) groups is 1. The molecule has 0 aliphatic rings. The van der Waals surface area contributed by atoms with Crippen LogP contribution in [0.5, 0.6) is 0 Å². The second-order valence-corrected chi connectivity index (χ2v) is 10.3. The van der Waals surface area contributed by atoms with Crippen molar-refractivity contribution in [1.82, 2.24) is 4.57 Å². The molecule has 1 amide bonds. The number of rotatable bonds is 9. The highest BCUT2D eigenvalue weighted by molar-refractivity contribution is 7.90. The van der Waals surface area contributed by atoms with Crippen molar-refractivity contribution in [2.24, 2.45) is 0 Å².